The van der Waals surface area contributed by atoms with Crippen molar-refractivity contribution >= 4 is 23.2 Å². The predicted molar refractivity (Wildman–Crippen MR) is 99.8 cm³/mol. The predicted octanol–water partition coefficient (Wildman–Crippen LogP) is 4.53. The van der Waals surface area contributed by atoms with Crippen LogP contribution in [0.25, 0.3) is 11.3 Å². The molecule has 0 unspecified atom stereocenters. The molecule has 0 aliphatic heterocycles. The van der Waals surface area contributed by atoms with Gasteiger partial charge in [-0.05, 0) is 48.0 Å². The Morgan fingerprint density at radius 2 is 1.79 bits per heavy atom. The fourth-order valence-corrected chi connectivity index (χ4v) is 2.71. The standard InChI is InChI=1S/C19H14ClF3N4O/c20-15-7-11(8-24)9-26-17(15)12-1-6-16(25-10-12)18(28)27-14-4-2-13(3-5-14)19(21,22)23/h1-7,9-10H,8,24H2,(H,27,28). The van der Waals surface area contributed by atoms with Crippen molar-refractivity contribution in [3.05, 3.63) is 76.7 Å². The molecule has 3 aromatic rings. The van der Waals surface area contributed by atoms with Crippen molar-refractivity contribution in [3.8, 4) is 11.3 Å². The van der Waals surface area contributed by atoms with Gasteiger partial charge in [-0.25, -0.2) is 0 Å². The van der Waals surface area contributed by atoms with Gasteiger partial charge in [0.15, 0.2) is 0 Å². The Morgan fingerprint density at radius 1 is 1.07 bits per heavy atom. The van der Waals surface area contributed by atoms with Crippen LogP contribution in [0, 0.1) is 0 Å². The number of nitrogens with zero attached hydrogens (tertiary/aromatic N) is 2. The second-order valence-corrected chi connectivity index (χ2v) is 6.25. The molecule has 0 aliphatic carbocycles. The van der Waals surface area contributed by atoms with E-state index >= 15 is 0 Å². The quantitative estimate of drug-likeness (QED) is 0.667. The van der Waals surface area contributed by atoms with Gasteiger partial charge in [-0.3, -0.25) is 14.8 Å². The number of nitrogens with two attached hydrogens (primary N) is 1. The van der Waals surface area contributed by atoms with E-state index in [-0.39, 0.29) is 11.4 Å². The fraction of sp³-hybridized carbons (Fsp3) is 0.105. The van der Waals surface area contributed by atoms with E-state index in [4.69, 9.17) is 17.3 Å². The molecule has 0 saturated carbocycles. The summed E-state index contributed by atoms with van der Waals surface area (Å²) in [5, 5.41) is 2.91. The molecule has 0 aliphatic rings. The van der Waals surface area contributed by atoms with Crippen molar-refractivity contribution < 1.29 is 18.0 Å². The van der Waals surface area contributed by atoms with Crippen LogP contribution >= 0.6 is 11.6 Å². The number of amides is 1. The second kappa shape index (κ2) is 7.95. The van der Waals surface area contributed by atoms with Gasteiger partial charge in [0, 0.05) is 30.2 Å². The van der Waals surface area contributed by atoms with E-state index in [0.717, 1.165) is 17.7 Å². The number of hydrogen-bond acceptors (Lipinski definition) is 4. The van der Waals surface area contributed by atoms with Crippen molar-refractivity contribution in [2.75, 3.05) is 5.32 Å². The molecule has 1 aromatic carbocycles. The van der Waals surface area contributed by atoms with Gasteiger partial charge in [0.05, 0.1) is 16.3 Å². The third kappa shape index (κ3) is 4.47. The zero-order valence-electron chi connectivity index (χ0n) is 14.3. The molecular weight excluding hydrogens is 393 g/mol. The minimum absolute atomic E-state index is 0.0957. The first-order chi connectivity index (χ1) is 13.3. The Bertz CT molecular complexity index is 990. The number of nitrogens with one attached hydrogen (secondary N) is 1. The number of alkyl halides is 3. The molecule has 0 spiro atoms. The van der Waals surface area contributed by atoms with E-state index < -0.39 is 17.6 Å². The monoisotopic (exact) mass is 406 g/mol. The van der Waals surface area contributed by atoms with E-state index in [2.05, 4.69) is 15.3 Å². The van der Waals surface area contributed by atoms with Crippen LogP contribution in [0.5, 0.6) is 0 Å². The van der Waals surface area contributed by atoms with Crippen molar-refractivity contribution in [2.24, 2.45) is 5.73 Å². The summed E-state index contributed by atoms with van der Waals surface area (Å²) in [4.78, 5) is 20.6. The Balaban J connectivity index is 1.73. The lowest BCUT2D eigenvalue weighted by Crippen LogP contribution is -2.14. The van der Waals surface area contributed by atoms with Crippen LogP contribution in [0.3, 0.4) is 0 Å². The number of hydrogen-bond donors (Lipinski definition) is 2. The molecule has 0 radical (unpaired) electrons. The number of halogens is 4. The van der Waals surface area contributed by atoms with Crippen LogP contribution in [0.2, 0.25) is 5.02 Å². The van der Waals surface area contributed by atoms with Crippen molar-refractivity contribution in [3.63, 3.8) is 0 Å². The van der Waals surface area contributed by atoms with E-state index in [9.17, 15) is 18.0 Å². The highest BCUT2D eigenvalue weighted by molar-refractivity contribution is 6.33. The summed E-state index contributed by atoms with van der Waals surface area (Å²) in [5.41, 5.74) is 6.97. The lowest BCUT2D eigenvalue weighted by molar-refractivity contribution is -0.137. The van der Waals surface area contributed by atoms with Gasteiger partial charge in [0.25, 0.3) is 5.91 Å². The molecule has 2 heterocycles. The summed E-state index contributed by atoms with van der Waals surface area (Å²) in [6.07, 6.45) is -1.39. The Morgan fingerprint density at radius 3 is 2.32 bits per heavy atom. The molecule has 3 N–H and O–H groups in total. The zero-order chi connectivity index (χ0) is 20.3. The van der Waals surface area contributed by atoms with Crippen LogP contribution in [0.1, 0.15) is 21.6 Å². The number of carbonyl (C=O) groups excluding carboxylic acids is 1. The summed E-state index contributed by atoms with van der Waals surface area (Å²) >= 11 is 6.19. The summed E-state index contributed by atoms with van der Waals surface area (Å²) in [7, 11) is 0. The SMILES string of the molecule is NCc1cnc(-c2ccc(C(=O)Nc3ccc(C(F)(F)F)cc3)nc2)c(Cl)c1. The number of pyridine rings is 2. The smallest absolute Gasteiger partial charge is 0.326 e. The first-order valence-corrected chi connectivity index (χ1v) is 8.45. The number of rotatable bonds is 4. The van der Waals surface area contributed by atoms with Gasteiger partial charge in [0.1, 0.15) is 5.69 Å². The molecule has 3 rings (SSSR count). The van der Waals surface area contributed by atoms with Crippen LogP contribution in [-0.2, 0) is 12.7 Å². The number of benzene rings is 1. The molecule has 9 heteroatoms. The summed E-state index contributed by atoms with van der Waals surface area (Å²) in [6, 6.07) is 8.95. The molecule has 0 atom stereocenters. The van der Waals surface area contributed by atoms with E-state index in [1.807, 2.05) is 0 Å². The molecule has 0 saturated heterocycles. The van der Waals surface area contributed by atoms with Gasteiger partial charge in [0.2, 0.25) is 0 Å². The van der Waals surface area contributed by atoms with Crippen LogP contribution in [0.15, 0.2) is 54.9 Å². The molecule has 2 aromatic heterocycles. The lowest BCUT2D eigenvalue weighted by atomic mass is 10.1. The highest BCUT2D eigenvalue weighted by atomic mass is 35.5. The van der Waals surface area contributed by atoms with Crippen LogP contribution in [0.4, 0.5) is 18.9 Å². The average molecular weight is 407 g/mol. The third-order valence-corrected chi connectivity index (χ3v) is 4.16. The second-order valence-electron chi connectivity index (χ2n) is 5.84. The fourth-order valence-electron chi connectivity index (χ4n) is 2.41. The molecule has 0 bridgehead atoms. The van der Waals surface area contributed by atoms with Gasteiger partial charge in [-0.15, -0.1) is 0 Å². The maximum atomic E-state index is 12.6. The highest BCUT2D eigenvalue weighted by Crippen LogP contribution is 2.30. The Hall–Kier alpha value is -2.97. The van der Waals surface area contributed by atoms with Crippen LogP contribution in [-0.4, -0.2) is 15.9 Å². The van der Waals surface area contributed by atoms with Crippen molar-refractivity contribution in [2.45, 2.75) is 12.7 Å². The van der Waals surface area contributed by atoms with Gasteiger partial charge >= 0.3 is 6.18 Å². The van der Waals surface area contributed by atoms with Crippen molar-refractivity contribution in [1.29, 1.82) is 0 Å². The molecular formula is C19H14ClF3N4O. The topological polar surface area (TPSA) is 80.9 Å². The maximum Gasteiger partial charge on any atom is 0.416 e. The highest BCUT2D eigenvalue weighted by Gasteiger charge is 2.30. The molecule has 28 heavy (non-hydrogen) atoms. The molecule has 1 amide bonds. The average Bonchev–Trinajstić information content (AvgIpc) is 2.67. The van der Waals surface area contributed by atoms with Gasteiger partial charge in [-0.1, -0.05) is 11.6 Å². The Labute approximate surface area is 163 Å². The van der Waals surface area contributed by atoms with E-state index in [0.29, 0.717) is 22.8 Å². The summed E-state index contributed by atoms with van der Waals surface area (Å²) in [6.45, 7) is 0.314. The number of carbonyl (C=O) groups is 1. The first-order valence-electron chi connectivity index (χ1n) is 8.07. The normalized spacial score (nSPS) is 11.3. The van der Waals surface area contributed by atoms with Crippen molar-refractivity contribution in [1.82, 2.24) is 9.97 Å². The zero-order valence-corrected chi connectivity index (χ0v) is 15.1. The summed E-state index contributed by atoms with van der Waals surface area (Å²) in [5.74, 6) is -0.552. The molecule has 0 fully saturated rings. The van der Waals surface area contributed by atoms with Gasteiger partial charge in [-0.2, -0.15) is 13.2 Å². The number of anilines is 1. The van der Waals surface area contributed by atoms with E-state index in [1.165, 1.54) is 24.4 Å². The largest absolute Gasteiger partial charge is 0.416 e. The lowest BCUT2D eigenvalue weighted by Gasteiger charge is -2.09. The maximum absolute atomic E-state index is 12.6. The third-order valence-electron chi connectivity index (χ3n) is 3.87. The van der Waals surface area contributed by atoms with Crippen LogP contribution < -0.4 is 11.1 Å². The number of aromatic nitrogens is 2. The minimum Gasteiger partial charge on any atom is -0.326 e. The van der Waals surface area contributed by atoms with Gasteiger partial charge < -0.3 is 11.1 Å². The van der Waals surface area contributed by atoms with E-state index in [1.54, 1.807) is 18.3 Å². The first kappa shape index (κ1) is 19.8. The molecule has 5 nitrogen and oxygen atoms in total. The minimum atomic E-state index is -4.43. The Kier molecular flexibility index (Phi) is 5.62. The molecule has 144 valence electrons. The summed E-state index contributed by atoms with van der Waals surface area (Å²) < 4.78 is 37.7.